The van der Waals surface area contributed by atoms with Gasteiger partial charge in [-0.15, -0.1) is 0 Å². The van der Waals surface area contributed by atoms with Gasteiger partial charge >= 0.3 is 0 Å². The van der Waals surface area contributed by atoms with Crippen molar-refractivity contribution in [3.8, 4) is 5.69 Å². The molecule has 1 heterocycles. The smallest absolute Gasteiger partial charge is 0.152 e. The highest BCUT2D eigenvalue weighted by Crippen LogP contribution is 2.22. The summed E-state index contributed by atoms with van der Waals surface area (Å²) in [5.41, 5.74) is 2.38. The molecular weight excluding hydrogens is 292 g/mol. The van der Waals surface area contributed by atoms with Crippen LogP contribution in [-0.2, 0) is 0 Å². The van der Waals surface area contributed by atoms with E-state index in [0.29, 0.717) is 5.56 Å². The molecule has 2 aromatic carbocycles. The van der Waals surface area contributed by atoms with Crippen LogP contribution in [0.1, 0.15) is 10.4 Å². The van der Waals surface area contributed by atoms with Crippen LogP contribution in [0.2, 0.25) is 0 Å². The molecule has 3 nitrogen and oxygen atoms in total. The highest BCUT2D eigenvalue weighted by Gasteiger charge is 2.08. The second-order valence-electron chi connectivity index (χ2n) is 3.94. The van der Waals surface area contributed by atoms with Crippen LogP contribution >= 0.6 is 15.9 Å². The molecular formula is C14H9BrN2O. The average molecular weight is 301 g/mol. The van der Waals surface area contributed by atoms with E-state index in [1.165, 1.54) is 0 Å². The third-order valence-corrected chi connectivity index (χ3v) is 3.32. The minimum atomic E-state index is 0.609. The Balaban J connectivity index is 2.29. The van der Waals surface area contributed by atoms with Crippen LogP contribution in [0.4, 0.5) is 0 Å². The number of fused-ring (bicyclic) bond motifs is 1. The van der Waals surface area contributed by atoms with Gasteiger partial charge in [-0.05, 0) is 24.3 Å². The van der Waals surface area contributed by atoms with E-state index in [1.807, 2.05) is 36.4 Å². The molecule has 0 bridgehead atoms. The van der Waals surface area contributed by atoms with Gasteiger partial charge in [0.1, 0.15) is 0 Å². The molecule has 0 saturated carbocycles. The van der Waals surface area contributed by atoms with Crippen molar-refractivity contribution in [3.05, 3.63) is 58.7 Å². The molecule has 0 aliphatic carbocycles. The van der Waals surface area contributed by atoms with Gasteiger partial charge in [-0.3, -0.25) is 4.79 Å². The molecule has 0 fully saturated rings. The van der Waals surface area contributed by atoms with Crippen molar-refractivity contribution >= 4 is 33.1 Å². The first-order valence-corrected chi connectivity index (χ1v) is 6.27. The zero-order valence-corrected chi connectivity index (χ0v) is 11.0. The summed E-state index contributed by atoms with van der Waals surface area (Å²) < 4.78 is 2.66. The lowest BCUT2D eigenvalue weighted by Gasteiger charge is -2.06. The summed E-state index contributed by atoms with van der Waals surface area (Å²) in [6, 6.07) is 13.5. The van der Waals surface area contributed by atoms with Gasteiger partial charge in [-0.1, -0.05) is 34.1 Å². The van der Waals surface area contributed by atoms with Gasteiger partial charge < -0.3 is 0 Å². The molecule has 0 aliphatic rings. The van der Waals surface area contributed by atoms with E-state index in [1.54, 1.807) is 16.9 Å². The van der Waals surface area contributed by atoms with Crippen molar-refractivity contribution in [1.29, 1.82) is 0 Å². The van der Waals surface area contributed by atoms with E-state index in [2.05, 4.69) is 21.0 Å². The highest BCUT2D eigenvalue weighted by atomic mass is 79.9. The minimum Gasteiger partial charge on any atom is -0.298 e. The van der Waals surface area contributed by atoms with Crippen LogP contribution in [0.5, 0.6) is 0 Å². The monoisotopic (exact) mass is 300 g/mol. The van der Waals surface area contributed by atoms with Crippen molar-refractivity contribution in [2.75, 3.05) is 0 Å². The molecule has 0 N–H and O–H groups in total. The second-order valence-corrected chi connectivity index (χ2v) is 4.85. The number of rotatable bonds is 2. The number of halogens is 1. The Hall–Kier alpha value is -1.94. The van der Waals surface area contributed by atoms with E-state index in [0.717, 1.165) is 27.3 Å². The van der Waals surface area contributed by atoms with Crippen LogP contribution in [0.3, 0.4) is 0 Å². The van der Waals surface area contributed by atoms with Gasteiger partial charge in [0.15, 0.2) is 6.29 Å². The fraction of sp³-hybridized carbons (Fsp3) is 0. The Morgan fingerprint density at radius 2 is 2.00 bits per heavy atom. The Labute approximate surface area is 112 Å². The number of para-hydroxylation sites is 1. The van der Waals surface area contributed by atoms with Crippen LogP contribution in [0.25, 0.3) is 16.6 Å². The maximum Gasteiger partial charge on any atom is 0.152 e. The van der Waals surface area contributed by atoms with Crippen LogP contribution in [-0.4, -0.2) is 16.1 Å². The van der Waals surface area contributed by atoms with Crippen molar-refractivity contribution in [3.63, 3.8) is 0 Å². The largest absolute Gasteiger partial charge is 0.298 e. The molecule has 3 rings (SSSR count). The molecule has 0 amide bonds. The first kappa shape index (κ1) is 11.2. The molecule has 3 aromatic rings. The van der Waals surface area contributed by atoms with Gasteiger partial charge in [-0.25, -0.2) is 4.68 Å². The first-order chi connectivity index (χ1) is 8.79. The maximum atomic E-state index is 11.1. The lowest BCUT2D eigenvalue weighted by atomic mass is 10.2. The van der Waals surface area contributed by atoms with Gasteiger partial charge in [0.2, 0.25) is 0 Å². The second kappa shape index (κ2) is 4.38. The summed E-state index contributed by atoms with van der Waals surface area (Å²) in [7, 11) is 0. The average Bonchev–Trinajstić information content (AvgIpc) is 2.82. The number of hydrogen-bond donors (Lipinski definition) is 0. The summed E-state index contributed by atoms with van der Waals surface area (Å²) >= 11 is 3.36. The van der Waals surface area contributed by atoms with Crippen molar-refractivity contribution in [1.82, 2.24) is 9.78 Å². The lowest BCUT2D eigenvalue weighted by Crippen LogP contribution is -2.00. The number of carbonyl (C=O) groups excluding carboxylic acids is 1. The zero-order valence-electron chi connectivity index (χ0n) is 9.38. The van der Waals surface area contributed by atoms with Crippen molar-refractivity contribution in [2.45, 2.75) is 0 Å². The van der Waals surface area contributed by atoms with Crippen LogP contribution < -0.4 is 0 Å². The number of hydrogen-bond acceptors (Lipinski definition) is 2. The molecule has 18 heavy (non-hydrogen) atoms. The summed E-state index contributed by atoms with van der Waals surface area (Å²) in [5.74, 6) is 0. The third kappa shape index (κ3) is 1.75. The molecule has 0 radical (unpaired) electrons. The molecule has 0 spiro atoms. The van der Waals surface area contributed by atoms with Gasteiger partial charge in [-0.2, -0.15) is 5.10 Å². The predicted molar refractivity (Wildman–Crippen MR) is 74.2 cm³/mol. The van der Waals surface area contributed by atoms with Crippen LogP contribution in [0.15, 0.2) is 53.1 Å². The number of aldehydes is 1. The van der Waals surface area contributed by atoms with Crippen LogP contribution in [0, 0.1) is 0 Å². The molecule has 0 unspecified atom stereocenters. The van der Waals surface area contributed by atoms with E-state index < -0.39 is 0 Å². The fourth-order valence-corrected chi connectivity index (χ4v) is 2.36. The molecule has 0 saturated heterocycles. The molecule has 1 aromatic heterocycles. The standard InChI is InChI=1S/C14H9BrN2O/c15-12-5-6-14(11(7-12)9-18)17-13-4-2-1-3-10(13)8-16-17/h1-9H. The van der Waals surface area contributed by atoms with E-state index in [-0.39, 0.29) is 0 Å². The molecule has 4 heteroatoms. The highest BCUT2D eigenvalue weighted by molar-refractivity contribution is 9.10. The SMILES string of the molecule is O=Cc1cc(Br)ccc1-n1ncc2ccccc21. The quantitative estimate of drug-likeness (QED) is 0.678. The van der Waals surface area contributed by atoms with Crippen molar-refractivity contribution < 1.29 is 4.79 Å². The predicted octanol–water partition coefficient (Wildman–Crippen LogP) is 3.60. The van der Waals surface area contributed by atoms with E-state index in [4.69, 9.17) is 0 Å². The Bertz CT molecular complexity index is 733. The minimum absolute atomic E-state index is 0.609. The van der Waals surface area contributed by atoms with Crippen molar-refractivity contribution in [2.24, 2.45) is 0 Å². The fourth-order valence-electron chi connectivity index (χ4n) is 1.98. The Morgan fingerprint density at radius 1 is 1.17 bits per heavy atom. The van der Waals surface area contributed by atoms with Gasteiger partial charge in [0.25, 0.3) is 0 Å². The number of benzene rings is 2. The Morgan fingerprint density at radius 3 is 2.83 bits per heavy atom. The Kier molecular flexibility index (Phi) is 2.72. The topological polar surface area (TPSA) is 34.9 Å². The summed E-state index contributed by atoms with van der Waals surface area (Å²) in [6.07, 6.45) is 2.64. The first-order valence-electron chi connectivity index (χ1n) is 5.47. The normalized spacial score (nSPS) is 10.7. The summed E-state index contributed by atoms with van der Waals surface area (Å²) in [6.45, 7) is 0. The molecule has 0 atom stereocenters. The number of carbonyl (C=O) groups is 1. The summed E-state index contributed by atoms with van der Waals surface area (Å²) in [5, 5.41) is 5.40. The third-order valence-electron chi connectivity index (χ3n) is 2.82. The zero-order chi connectivity index (χ0) is 12.5. The number of nitrogens with zero attached hydrogens (tertiary/aromatic N) is 2. The lowest BCUT2D eigenvalue weighted by molar-refractivity contribution is 0.112. The molecule has 88 valence electrons. The maximum absolute atomic E-state index is 11.1. The van der Waals surface area contributed by atoms with E-state index in [9.17, 15) is 4.79 Å². The van der Waals surface area contributed by atoms with Gasteiger partial charge in [0.05, 0.1) is 17.4 Å². The van der Waals surface area contributed by atoms with Gasteiger partial charge in [0, 0.05) is 15.4 Å². The number of aromatic nitrogens is 2. The molecule has 0 aliphatic heterocycles. The summed E-state index contributed by atoms with van der Waals surface area (Å²) in [4.78, 5) is 11.1. The van der Waals surface area contributed by atoms with E-state index >= 15 is 0 Å².